The number of allylic oxidation sites excluding steroid dienone is 1. The molecule has 0 spiro atoms. The fourth-order valence-electron chi connectivity index (χ4n) is 0.488. The minimum atomic E-state index is -1.11. The van der Waals surface area contributed by atoms with Crippen LogP contribution in [0.5, 0.6) is 0 Å². The Morgan fingerprint density at radius 1 is 1.80 bits per heavy atom. The Bertz CT molecular complexity index is 129. The number of hydrogen-bond donors (Lipinski definition) is 1. The molecule has 0 saturated carbocycles. The molecule has 0 saturated heterocycles. The maximum atomic E-state index is 10.6. The topological polar surface area (TPSA) is 46.5 Å². The normalized spacial score (nSPS) is 13.5. The second-order valence-corrected chi connectivity index (χ2v) is 1.72. The monoisotopic (exact) mass is 144 g/mol. The van der Waals surface area contributed by atoms with E-state index in [4.69, 9.17) is 5.11 Å². The van der Waals surface area contributed by atoms with Gasteiger partial charge in [-0.25, -0.2) is 4.79 Å². The highest BCUT2D eigenvalue weighted by Crippen LogP contribution is 1.89. The van der Waals surface area contributed by atoms with Crippen molar-refractivity contribution in [2.75, 3.05) is 6.61 Å². The number of carbonyl (C=O) groups is 1. The molecule has 1 N–H and O–H groups in total. The number of esters is 1. The molecule has 0 aliphatic heterocycles. The van der Waals surface area contributed by atoms with Crippen LogP contribution in [-0.2, 0) is 9.53 Å². The van der Waals surface area contributed by atoms with Crippen LogP contribution < -0.4 is 0 Å². The third-order valence-electron chi connectivity index (χ3n) is 0.903. The molecule has 0 amide bonds. The number of hydrogen-bond acceptors (Lipinski definition) is 3. The predicted octanol–water partition coefficient (Wildman–Crippen LogP) is 0.486. The predicted molar refractivity (Wildman–Crippen MR) is 37.5 cm³/mol. The highest BCUT2D eigenvalue weighted by atomic mass is 16.5. The molecule has 10 heavy (non-hydrogen) atoms. The summed E-state index contributed by atoms with van der Waals surface area (Å²) in [6.07, 6.45) is 1.87. The van der Waals surface area contributed by atoms with Crippen LogP contribution in [0.4, 0.5) is 0 Å². The number of carbonyl (C=O) groups excluding carboxylic acids is 1. The molecule has 0 fully saturated rings. The molecule has 0 aromatic heterocycles. The van der Waals surface area contributed by atoms with Crippen LogP contribution in [0.1, 0.15) is 13.8 Å². The minimum Gasteiger partial charge on any atom is -0.464 e. The van der Waals surface area contributed by atoms with Crippen molar-refractivity contribution < 1.29 is 14.6 Å². The number of rotatable bonds is 3. The van der Waals surface area contributed by atoms with Gasteiger partial charge in [0.15, 0.2) is 6.10 Å². The SMILES string of the molecule is C/C=C\C(O)C(=O)OCC. The van der Waals surface area contributed by atoms with Gasteiger partial charge < -0.3 is 9.84 Å². The molecule has 0 rings (SSSR count). The molecule has 58 valence electrons. The van der Waals surface area contributed by atoms with Gasteiger partial charge in [-0.05, 0) is 19.9 Å². The maximum absolute atomic E-state index is 10.6. The van der Waals surface area contributed by atoms with Gasteiger partial charge in [-0.3, -0.25) is 0 Å². The van der Waals surface area contributed by atoms with E-state index in [1.54, 1.807) is 19.9 Å². The molecular weight excluding hydrogens is 132 g/mol. The Kier molecular flexibility index (Phi) is 4.58. The van der Waals surface area contributed by atoms with E-state index in [9.17, 15) is 4.79 Å². The van der Waals surface area contributed by atoms with E-state index in [0.717, 1.165) is 0 Å². The van der Waals surface area contributed by atoms with Crippen molar-refractivity contribution >= 4 is 5.97 Å². The molecule has 0 bridgehead atoms. The highest BCUT2D eigenvalue weighted by Gasteiger charge is 2.10. The lowest BCUT2D eigenvalue weighted by molar-refractivity contribution is -0.150. The van der Waals surface area contributed by atoms with Crippen LogP contribution in [0, 0.1) is 0 Å². The minimum absolute atomic E-state index is 0.299. The van der Waals surface area contributed by atoms with Crippen LogP contribution in [0.2, 0.25) is 0 Å². The molecular formula is C7H12O3. The van der Waals surface area contributed by atoms with Crippen molar-refractivity contribution in [1.29, 1.82) is 0 Å². The first-order valence-electron chi connectivity index (χ1n) is 3.19. The largest absolute Gasteiger partial charge is 0.464 e. The lowest BCUT2D eigenvalue weighted by atomic mass is 10.3. The zero-order valence-electron chi connectivity index (χ0n) is 6.20. The maximum Gasteiger partial charge on any atom is 0.338 e. The number of ether oxygens (including phenoxy) is 1. The summed E-state index contributed by atoms with van der Waals surface area (Å²) in [5, 5.41) is 8.89. The Morgan fingerprint density at radius 2 is 2.40 bits per heavy atom. The lowest BCUT2D eigenvalue weighted by Crippen LogP contribution is -2.20. The summed E-state index contributed by atoms with van der Waals surface area (Å²) in [5.41, 5.74) is 0. The first kappa shape index (κ1) is 9.17. The van der Waals surface area contributed by atoms with Crippen molar-refractivity contribution in [2.24, 2.45) is 0 Å². The molecule has 1 unspecified atom stereocenters. The fraction of sp³-hybridized carbons (Fsp3) is 0.571. The summed E-state index contributed by atoms with van der Waals surface area (Å²) < 4.78 is 4.52. The van der Waals surface area contributed by atoms with E-state index < -0.39 is 12.1 Å². The fourth-order valence-corrected chi connectivity index (χ4v) is 0.488. The van der Waals surface area contributed by atoms with E-state index in [-0.39, 0.29) is 0 Å². The van der Waals surface area contributed by atoms with Gasteiger partial charge in [-0.15, -0.1) is 0 Å². The van der Waals surface area contributed by atoms with E-state index >= 15 is 0 Å². The molecule has 3 heteroatoms. The zero-order chi connectivity index (χ0) is 7.98. The van der Waals surface area contributed by atoms with Crippen molar-refractivity contribution in [3.8, 4) is 0 Å². The Morgan fingerprint density at radius 3 is 2.80 bits per heavy atom. The van der Waals surface area contributed by atoms with E-state index in [0.29, 0.717) is 6.61 Å². The molecule has 0 heterocycles. The summed E-state index contributed by atoms with van der Waals surface area (Å²) in [4.78, 5) is 10.6. The number of aliphatic hydroxyl groups is 1. The lowest BCUT2D eigenvalue weighted by Gasteiger charge is -2.03. The molecule has 1 atom stereocenters. The van der Waals surface area contributed by atoms with Gasteiger partial charge in [-0.2, -0.15) is 0 Å². The second-order valence-electron chi connectivity index (χ2n) is 1.72. The van der Waals surface area contributed by atoms with Crippen LogP contribution in [0.3, 0.4) is 0 Å². The average Bonchev–Trinajstić information content (AvgIpc) is 1.89. The summed E-state index contributed by atoms with van der Waals surface area (Å²) >= 11 is 0. The van der Waals surface area contributed by atoms with Gasteiger partial charge in [0.25, 0.3) is 0 Å². The Labute approximate surface area is 60.3 Å². The van der Waals surface area contributed by atoms with Crippen LogP contribution in [-0.4, -0.2) is 23.8 Å². The van der Waals surface area contributed by atoms with Crippen molar-refractivity contribution in [3.05, 3.63) is 12.2 Å². The first-order chi connectivity index (χ1) is 4.72. The Balaban J connectivity index is 3.70. The molecule has 0 aliphatic rings. The smallest absolute Gasteiger partial charge is 0.338 e. The average molecular weight is 144 g/mol. The molecule has 0 aromatic rings. The van der Waals surface area contributed by atoms with Crippen LogP contribution in [0.15, 0.2) is 12.2 Å². The van der Waals surface area contributed by atoms with Gasteiger partial charge in [0.2, 0.25) is 0 Å². The summed E-state index contributed by atoms with van der Waals surface area (Å²) in [6.45, 7) is 3.72. The van der Waals surface area contributed by atoms with Crippen molar-refractivity contribution in [3.63, 3.8) is 0 Å². The molecule has 0 aromatic carbocycles. The summed E-state index contributed by atoms with van der Waals surface area (Å²) in [5.74, 6) is -0.597. The van der Waals surface area contributed by atoms with E-state index in [2.05, 4.69) is 4.74 Å². The van der Waals surface area contributed by atoms with Gasteiger partial charge in [-0.1, -0.05) is 6.08 Å². The van der Waals surface area contributed by atoms with Crippen LogP contribution >= 0.6 is 0 Å². The summed E-state index contributed by atoms with van der Waals surface area (Å²) in [7, 11) is 0. The summed E-state index contributed by atoms with van der Waals surface area (Å²) in [6, 6.07) is 0. The third kappa shape index (κ3) is 3.25. The van der Waals surface area contributed by atoms with Gasteiger partial charge in [0.05, 0.1) is 6.61 Å². The van der Waals surface area contributed by atoms with Gasteiger partial charge in [0, 0.05) is 0 Å². The zero-order valence-corrected chi connectivity index (χ0v) is 6.20. The Hall–Kier alpha value is -0.830. The molecule has 0 radical (unpaired) electrons. The quantitative estimate of drug-likeness (QED) is 0.463. The number of aliphatic hydroxyl groups excluding tert-OH is 1. The van der Waals surface area contributed by atoms with Crippen molar-refractivity contribution in [2.45, 2.75) is 20.0 Å². The molecule has 3 nitrogen and oxygen atoms in total. The highest BCUT2D eigenvalue weighted by molar-refractivity contribution is 5.76. The van der Waals surface area contributed by atoms with Crippen molar-refractivity contribution in [1.82, 2.24) is 0 Å². The van der Waals surface area contributed by atoms with E-state index in [1.807, 2.05) is 0 Å². The molecule has 0 aliphatic carbocycles. The van der Waals surface area contributed by atoms with Gasteiger partial charge in [0.1, 0.15) is 0 Å². The second kappa shape index (κ2) is 4.99. The third-order valence-corrected chi connectivity index (χ3v) is 0.903. The first-order valence-corrected chi connectivity index (χ1v) is 3.19. The standard InChI is InChI=1S/C7H12O3/c1-3-5-6(8)7(9)10-4-2/h3,5-6,8H,4H2,1-2H3/b5-3-. The van der Waals surface area contributed by atoms with E-state index in [1.165, 1.54) is 6.08 Å². The van der Waals surface area contributed by atoms with Crippen LogP contribution in [0.25, 0.3) is 0 Å². The van der Waals surface area contributed by atoms with Gasteiger partial charge >= 0.3 is 5.97 Å².